The summed E-state index contributed by atoms with van der Waals surface area (Å²) in [6, 6.07) is 0. The summed E-state index contributed by atoms with van der Waals surface area (Å²) in [4.78, 5) is 0. The van der Waals surface area contributed by atoms with E-state index in [1.54, 1.807) is 12.2 Å². The molecule has 2 N–H and O–H groups in total. The summed E-state index contributed by atoms with van der Waals surface area (Å²) >= 11 is 24.4. The molecule has 0 bridgehead atoms. The Morgan fingerprint density at radius 3 is 1.58 bits per heavy atom. The maximum absolute atomic E-state index is 10.0. The van der Waals surface area contributed by atoms with E-state index in [-0.39, 0.29) is 27.3 Å². The van der Waals surface area contributed by atoms with E-state index < -0.39 is 10.1 Å². The van der Waals surface area contributed by atoms with Crippen LogP contribution in [0.5, 0.6) is 0 Å². The van der Waals surface area contributed by atoms with Crippen LogP contribution in [0.25, 0.3) is 0 Å². The van der Waals surface area contributed by atoms with Crippen molar-refractivity contribution in [3.8, 4) is 0 Å². The Kier molecular flexibility index (Phi) is 5.21. The minimum atomic E-state index is -1.62. The highest BCUT2D eigenvalue weighted by molar-refractivity contribution is 6.40. The van der Waals surface area contributed by atoms with Gasteiger partial charge in [0.1, 0.15) is 0 Å². The molecule has 4 atom stereocenters. The molecule has 24 heavy (non-hydrogen) atoms. The van der Waals surface area contributed by atoms with Crippen molar-refractivity contribution in [2.45, 2.75) is 42.2 Å². The fourth-order valence-corrected chi connectivity index (χ4v) is 4.76. The van der Waals surface area contributed by atoms with Gasteiger partial charge in [-0.15, -0.1) is 0 Å². The molecule has 2 nitrogen and oxygen atoms in total. The fraction of sp³-hybridized carbons (Fsp3) is 0.556. The summed E-state index contributed by atoms with van der Waals surface area (Å²) in [5.41, 5.74) is -0.119. The summed E-state index contributed by atoms with van der Waals surface area (Å²) in [5, 5.41) is 17.3. The summed E-state index contributed by atoms with van der Waals surface area (Å²) in [6.07, 6.45) is 16.1. The van der Waals surface area contributed by atoms with Gasteiger partial charge in [-0.05, 0) is 30.4 Å². The Morgan fingerprint density at radius 1 is 0.792 bits per heavy atom. The van der Waals surface area contributed by atoms with Crippen LogP contribution in [0.2, 0.25) is 0 Å². The molecule has 4 unspecified atom stereocenters. The zero-order valence-electron chi connectivity index (χ0n) is 13.1. The van der Waals surface area contributed by atoms with Crippen molar-refractivity contribution < 1.29 is 10.2 Å². The first-order valence-electron chi connectivity index (χ1n) is 8.14. The van der Waals surface area contributed by atoms with Gasteiger partial charge in [0.15, 0.2) is 10.1 Å². The highest BCUT2D eigenvalue weighted by Crippen LogP contribution is 2.54. The Hall–Kier alpha value is 0.0400. The average Bonchev–Trinajstić information content (AvgIpc) is 2.53. The molecule has 0 aromatic carbocycles. The Bertz CT molecular complexity index is 577. The SMILES string of the molecule is OC1(Cl)C=CC(C2(C3C=CC(O)(Cl)C(Cl)=C3)CCCCC2)C=C1Cl. The van der Waals surface area contributed by atoms with Crippen molar-refractivity contribution in [1.29, 1.82) is 0 Å². The first-order valence-corrected chi connectivity index (χ1v) is 9.65. The van der Waals surface area contributed by atoms with Crippen molar-refractivity contribution in [1.82, 2.24) is 0 Å². The first-order chi connectivity index (χ1) is 11.2. The molecule has 1 fully saturated rings. The molecule has 6 heteroatoms. The van der Waals surface area contributed by atoms with Crippen molar-refractivity contribution >= 4 is 46.4 Å². The second-order valence-electron chi connectivity index (χ2n) is 6.94. The van der Waals surface area contributed by atoms with E-state index in [0.717, 1.165) is 25.7 Å². The van der Waals surface area contributed by atoms with Gasteiger partial charge in [-0.1, -0.05) is 90.0 Å². The van der Waals surface area contributed by atoms with E-state index in [9.17, 15) is 10.2 Å². The molecule has 0 amide bonds. The van der Waals surface area contributed by atoms with Crippen LogP contribution < -0.4 is 0 Å². The maximum atomic E-state index is 10.0. The van der Waals surface area contributed by atoms with Gasteiger partial charge in [0, 0.05) is 11.8 Å². The molecule has 0 heterocycles. The van der Waals surface area contributed by atoms with Gasteiger partial charge in [-0.25, -0.2) is 0 Å². The fourth-order valence-electron chi connectivity index (χ4n) is 4.10. The molecule has 0 aliphatic heterocycles. The number of allylic oxidation sites excluding steroid dienone is 4. The lowest BCUT2D eigenvalue weighted by Gasteiger charge is -2.48. The van der Waals surface area contributed by atoms with Crippen LogP contribution in [0.4, 0.5) is 0 Å². The Balaban J connectivity index is 1.99. The van der Waals surface area contributed by atoms with Crippen molar-refractivity contribution in [3.05, 3.63) is 46.5 Å². The second kappa shape index (κ2) is 6.64. The van der Waals surface area contributed by atoms with Crippen LogP contribution in [0.3, 0.4) is 0 Å². The normalized spacial score (nSPS) is 41.8. The molecule has 0 radical (unpaired) electrons. The van der Waals surface area contributed by atoms with E-state index in [0.29, 0.717) is 0 Å². The zero-order chi connectivity index (χ0) is 17.6. The van der Waals surface area contributed by atoms with Gasteiger partial charge in [-0.2, -0.15) is 0 Å². The number of hydrogen-bond donors (Lipinski definition) is 2. The van der Waals surface area contributed by atoms with Crippen LogP contribution in [0.1, 0.15) is 32.1 Å². The summed E-state index contributed by atoms with van der Waals surface area (Å²) in [7, 11) is 0. The molecule has 0 aromatic heterocycles. The lowest BCUT2D eigenvalue weighted by atomic mass is 9.57. The standard InChI is InChI=1S/C18H20Cl4O2/c19-14-10-12(4-8-17(14,21)23)16(6-2-1-3-7-16)13-5-9-18(22,24)15(20)11-13/h4-5,8-13,23-24H,1-3,6-7H2. The predicted molar refractivity (Wildman–Crippen MR) is 100 cm³/mol. The van der Waals surface area contributed by atoms with Crippen LogP contribution in [0, 0.1) is 17.3 Å². The summed E-state index contributed by atoms with van der Waals surface area (Å²) < 4.78 is 0. The van der Waals surface area contributed by atoms with E-state index in [4.69, 9.17) is 46.4 Å². The third-order valence-electron chi connectivity index (χ3n) is 5.48. The smallest absolute Gasteiger partial charge is 0.193 e. The topological polar surface area (TPSA) is 40.5 Å². The van der Waals surface area contributed by atoms with Crippen LogP contribution in [-0.2, 0) is 0 Å². The van der Waals surface area contributed by atoms with E-state index in [2.05, 4.69) is 0 Å². The largest absolute Gasteiger partial charge is 0.367 e. The molecule has 3 aliphatic carbocycles. The lowest BCUT2D eigenvalue weighted by molar-refractivity contribution is 0.105. The molecule has 3 aliphatic rings. The highest BCUT2D eigenvalue weighted by Gasteiger charge is 2.46. The molecule has 0 saturated heterocycles. The predicted octanol–water partition coefficient (Wildman–Crippen LogP) is 5.41. The van der Waals surface area contributed by atoms with Crippen molar-refractivity contribution in [2.24, 2.45) is 17.3 Å². The zero-order valence-corrected chi connectivity index (χ0v) is 16.1. The number of halogens is 4. The summed E-state index contributed by atoms with van der Waals surface area (Å²) in [6.45, 7) is 0. The Morgan fingerprint density at radius 2 is 1.21 bits per heavy atom. The van der Waals surface area contributed by atoms with Gasteiger partial charge in [-0.3, -0.25) is 0 Å². The van der Waals surface area contributed by atoms with Gasteiger partial charge < -0.3 is 10.2 Å². The van der Waals surface area contributed by atoms with Crippen LogP contribution in [0.15, 0.2) is 46.5 Å². The highest BCUT2D eigenvalue weighted by atomic mass is 35.5. The lowest BCUT2D eigenvalue weighted by Crippen LogP contribution is -2.41. The number of aliphatic hydroxyl groups is 2. The van der Waals surface area contributed by atoms with Gasteiger partial charge in [0.2, 0.25) is 0 Å². The van der Waals surface area contributed by atoms with Crippen molar-refractivity contribution in [2.75, 3.05) is 0 Å². The molecule has 1 saturated carbocycles. The van der Waals surface area contributed by atoms with Crippen LogP contribution >= 0.6 is 46.4 Å². The third kappa shape index (κ3) is 3.34. The minimum absolute atomic E-state index is 0.0289. The number of rotatable bonds is 2. The number of alkyl halides is 2. The van der Waals surface area contributed by atoms with E-state index in [1.807, 2.05) is 24.3 Å². The second-order valence-corrected chi connectivity index (χ2v) is 8.91. The quantitative estimate of drug-likeness (QED) is 0.472. The third-order valence-corrected chi connectivity index (χ3v) is 7.16. The molecule has 132 valence electrons. The van der Waals surface area contributed by atoms with E-state index in [1.165, 1.54) is 6.42 Å². The van der Waals surface area contributed by atoms with Crippen LogP contribution in [-0.4, -0.2) is 20.3 Å². The van der Waals surface area contributed by atoms with E-state index >= 15 is 0 Å². The molecular weight excluding hydrogens is 390 g/mol. The van der Waals surface area contributed by atoms with Crippen molar-refractivity contribution in [3.63, 3.8) is 0 Å². The average molecular weight is 410 g/mol. The maximum Gasteiger partial charge on any atom is 0.193 e. The van der Waals surface area contributed by atoms with Gasteiger partial charge >= 0.3 is 0 Å². The number of hydrogen-bond acceptors (Lipinski definition) is 2. The van der Waals surface area contributed by atoms with Gasteiger partial charge in [0.05, 0.1) is 10.1 Å². The molecule has 0 spiro atoms. The monoisotopic (exact) mass is 408 g/mol. The summed E-state index contributed by atoms with van der Waals surface area (Å²) in [5.74, 6) is 0.0578. The molecule has 0 aromatic rings. The minimum Gasteiger partial charge on any atom is -0.367 e. The molecular formula is C18H20Cl4O2. The van der Waals surface area contributed by atoms with Gasteiger partial charge in [0.25, 0.3) is 0 Å². The first kappa shape index (κ1) is 18.8. The Labute approximate surface area is 162 Å². The molecule has 3 rings (SSSR count).